The van der Waals surface area contributed by atoms with E-state index in [1.165, 1.54) is 12.1 Å². The Labute approximate surface area is 116 Å². The molecule has 0 saturated carbocycles. The second kappa shape index (κ2) is 5.90. The highest BCUT2D eigenvalue weighted by Gasteiger charge is 2.23. The number of anilines is 1. The number of carboxylic acids is 1. The zero-order valence-corrected chi connectivity index (χ0v) is 11.2. The van der Waals surface area contributed by atoms with Gasteiger partial charge in [0.15, 0.2) is 0 Å². The minimum Gasteiger partial charge on any atom is -0.478 e. The Kier molecular flexibility index (Phi) is 4.22. The number of amides is 2. The third kappa shape index (κ3) is 3.07. The predicted octanol–water partition coefficient (Wildman–Crippen LogP) is 2.79. The van der Waals surface area contributed by atoms with Gasteiger partial charge in [0.05, 0.1) is 11.3 Å². The molecule has 0 radical (unpaired) electrons. The molecular weight excluding hydrogens is 263 g/mol. The van der Waals surface area contributed by atoms with Crippen LogP contribution in [0.4, 0.5) is 14.9 Å². The highest BCUT2D eigenvalue weighted by atomic mass is 19.1. The highest BCUT2D eigenvalue weighted by molar-refractivity contribution is 6.00. The largest absolute Gasteiger partial charge is 0.478 e. The van der Waals surface area contributed by atoms with Crippen molar-refractivity contribution in [3.8, 4) is 0 Å². The van der Waals surface area contributed by atoms with Gasteiger partial charge in [-0.25, -0.2) is 14.0 Å². The maximum Gasteiger partial charge on any atom is 0.337 e. The molecule has 1 aromatic rings. The number of rotatable bonds is 2. The van der Waals surface area contributed by atoms with Gasteiger partial charge in [0.1, 0.15) is 5.82 Å². The van der Waals surface area contributed by atoms with Crippen molar-refractivity contribution in [2.24, 2.45) is 5.92 Å². The summed E-state index contributed by atoms with van der Waals surface area (Å²) in [6, 6.07) is 3.24. The molecule has 0 aliphatic carbocycles. The molecule has 1 aromatic carbocycles. The number of nitrogens with one attached hydrogen (secondary N) is 1. The van der Waals surface area contributed by atoms with Crippen molar-refractivity contribution >= 4 is 17.7 Å². The summed E-state index contributed by atoms with van der Waals surface area (Å²) in [5.74, 6) is -1.62. The van der Waals surface area contributed by atoms with Gasteiger partial charge in [-0.3, -0.25) is 0 Å². The van der Waals surface area contributed by atoms with Gasteiger partial charge < -0.3 is 15.3 Å². The van der Waals surface area contributed by atoms with Crippen LogP contribution in [0.3, 0.4) is 0 Å². The van der Waals surface area contributed by atoms with E-state index in [-0.39, 0.29) is 11.3 Å². The fourth-order valence-electron chi connectivity index (χ4n) is 2.39. The molecule has 1 aliphatic rings. The van der Waals surface area contributed by atoms with E-state index in [2.05, 4.69) is 5.32 Å². The number of para-hydroxylation sites is 1. The van der Waals surface area contributed by atoms with Crippen LogP contribution in [0.5, 0.6) is 0 Å². The van der Waals surface area contributed by atoms with Crippen molar-refractivity contribution in [2.45, 2.75) is 19.8 Å². The topological polar surface area (TPSA) is 69.6 Å². The first-order chi connectivity index (χ1) is 9.49. The second-order valence-electron chi connectivity index (χ2n) is 5.09. The van der Waals surface area contributed by atoms with Crippen LogP contribution in [0.2, 0.25) is 0 Å². The predicted molar refractivity (Wildman–Crippen MR) is 72.3 cm³/mol. The lowest BCUT2D eigenvalue weighted by atomic mass is 10.0. The molecule has 20 heavy (non-hydrogen) atoms. The SMILES string of the molecule is CC1CCCN(C(=O)Nc2c(F)cccc2C(=O)O)C1. The summed E-state index contributed by atoms with van der Waals surface area (Å²) in [6.07, 6.45) is 1.96. The fraction of sp³-hybridized carbons (Fsp3) is 0.429. The van der Waals surface area contributed by atoms with Crippen LogP contribution in [-0.4, -0.2) is 35.1 Å². The van der Waals surface area contributed by atoms with Gasteiger partial charge in [0.2, 0.25) is 0 Å². The van der Waals surface area contributed by atoms with Gasteiger partial charge in [-0.15, -0.1) is 0 Å². The molecule has 2 N–H and O–H groups in total. The van der Waals surface area contributed by atoms with E-state index < -0.39 is 17.8 Å². The number of piperidine rings is 1. The molecule has 108 valence electrons. The number of carboxylic acid groups (broad SMARTS) is 1. The van der Waals surface area contributed by atoms with Gasteiger partial charge in [0.25, 0.3) is 0 Å². The Morgan fingerprint density at radius 2 is 2.20 bits per heavy atom. The summed E-state index contributed by atoms with van der Waals surface area (Å²) in [5, 5.41) is 11.4. The van der Waals surface area contributed by atoms with E-state index >= 15 is 0 Å². The molecule has 1 unspecified atom stereocenters. The number of urea groups is 1. The minimum atomic E-state index is -1.27. The number of halogens is 1. The molecule has 1 fully saturated rings. The summed E-state index contributed by atoms with van der Waals surface area (Å²) >= 11 is 0. The van der Waals surface area contributed by atoms with Crippen molar-refractivity contribution in [2.75, 3.05) is 18.4 Å². The van der Waals surface area contributed by atoms with Gasteiger partial charge >= 0.3 is 12.0 Å². The number of hydrogen-bond acceptors (Lipinski definition) is 2. The lowest BCUT2D eigenvalue weighted by Crippen LogP contribution is -2.42. The number of carbonyl (C=O) groups excluding carboxylic acids is 1. The number of nitrogens with zero attached hydrogens (tertiary/aromatic N) is 1. The van der Waals surface area contributed by atoms with Crippen LogP contribution in [0.25, 0.3) is 0 Å². The van der Waals surface area contributed by atoms with Crippen LogP contribution < -0.4 is 5.32 Å². The Morgan fingerprint density at radius 1 is 1.45 bits per heavy atom. The number of hydrogen-bond donors (Lipinski definition) is 2. The average molecular weight is 280 g/mol. The molecule has 2 rings (SSSR count). The molecule has 6 heteroatoms. The zero-order valence-electron chi connectivity index (χ0n) is 11.2. The van der Waals surface area contributed by atoms with Crippen LogP contribution in [0.15, 0.2) is 18.2 Å². The first kappa shape index (κ1) is 14.3. The van der Waals surface area contributed by atoms with Crippen molar-refractivity contribution < 1.29 is 19.1 Å². The molecule has 1 heterocycles. The Morgan fingerprint density at radius 3 is 2.85 bits per heavy atom. The molecule has 1 saturated heterocycles. The fourth-order valence-corrected chi connectivity index (χ4v) is 2.39. The van der Waals surface area contributed by atoms with Crippen LogP contribution in [0.1, 0.15) is 30.1 Å². The first-order valence-electron chi connectivity index (χ1n) is 6.56. The zero-order chi connectivity index (χ0) is 14.7. The third-order valence-corrected chi connectivity index (χ3v) is 3.42. The van der Waals surface area contributed by atoms with E-state index in [4.69, 9.17) is 5.11 Å². The molecule has 2 amide bonds. The average Bonchev–Trinajstić information content (AvgIpc) is 2.40. The monoisotopic (exact) mass is 280 g/mol. The van der Waals surface area contributed by atoms with Crippen LogP contribution >= 0.6 is 0 Å². The second-order valence-corrected chi connectivity index (χ2v) is 5.09. The van der Waals surface area contributed by atoms with Crippen LogP contribution in [0, 0.1) is 11.7 Å². The molecule has 0 bridgehead atoms. The minimum absolute atomic E-state index is 0.247. The van der Waals surface area contributed by atoms with E-state index in [9.17, 15) is 14.0 Å². The number of carbonyl (C=O) groups is 2. The third-order valence-electron chi connectivity index (χ3n) is 3.42. The maximum atomic E-state index is 13.7. The van der Waals surface area contributed by atoms with Crippen LogP contribution in [-0.2, 0) is 0 Å². The molecule has 1 atom stereocenters. The Balaban J connectivity index is 2.17. The van der Waals surface area contributed by atoms with Crippen molar-refractivity contribution in [3.05, 3.63) is 29.6 Å². The van der Waals surface area contributed by atoms with Crippen molar-refractivity contribution in [1.82, 2.24) is 4.90 Å². The standard InChI is InChI=1S/C14H17FN2O3/c1-9-4-3-7-17(8-9)14(20)16-12-10(13(18)19)5-2-6-11(12)15/h2,5-6,9H,3-4,7-8H2,1H3,(H,16,20)(H,18,19). The molecule has 1 aliphatic heterocycles. The van der Waals surface area contributed by atoms with Crippen molar-refractivity contribution in [3.63, 3.8) is 0 Å². The Hall–Kier alpha value is -2.11. The molecule has 5 nitrogen and oxygen atoms in total. The van der Waals surface area contributed by atoms with Gasteiger partial charge in [-0.2, -0.15) is 0 Å². The normalized spacial score (nSPS) is 18.7. The first-order valence-corrected chi connectivity index (χ1v) is 6.56. The van der Waals surface area contributed by atoms with Crippen molar-refractivity contribution in [1.29, 1.82) is 0 Å². The quantitative estimate of drug-likeness (QED) is 0.875. The highest BCUT2D eigenvalue weighted by Crippen LogP contribution is 2.22. The summed E-state index contributed by atoms with van der Waals surface area (Å²) in [6.45, 7) is 3.25. The summed E-state index contributed by atoms with van der Waals surface area (Å²) in [4.78, 5) is 24.7. The lowest BCUT2D eigenvalue weighted by Gasteiger charge is -2.31. The number of benzene rings is 1. The maximum absolute atomic E-state index is 13.7. The van der Waals surface area contributed by atoms with Gasteiger partial charge in [-0.05, 0) is 30.9 Å². The lowest BCUT2D eigenvalue weighted by molar-refractivity contribution is 0.0697. The van der Waals surface area contributed by atoms with E-state index in [0.717, 1.165) is 18.9 Å². The van der Waals surface area contributed by atoms with E-state index in [1.807, 2.05) is 6.92 Å². The molecular formula is C14H17FN2O3. The van der Waals surface area contributed by atoms with Gasteiger partial charge in [0, 0.05) is 13.1 Å². The molecule has 0 spiro atoms. The smallest absolute Gasteiger partial charge is 0.337 e. The number of likely N-dealkylation sites (tertiary alicyclic amines) is 1. The van der Waals surface area contributed by atoms with E-state index in [0.29, 0.717) is 19.0 Å². The Bertz CT molecular complexity index is 533. The summed E-state index contributed by atoms with van der Waals surface area (Å²) in [5.41, 5.74) is -0.522. The van der Waals surface area contributed by atoms with E-state index in [1.54, 1.807) is 4.90 Å². The summed E-state index contributed by atoms with van der Waals surface area (Å²) < 4.78 is 13.7. The number of aromatic carboxylic acids is 1. The summed E-state index contributed by atoms with van der Waals surface area (Å²) in [7, 11) is 0. The van der Waals surface area contributed by atoms with Gasteiger partial charge in [-0.1, -0.05) is 13.0 Å². The molecule has 0 aromatic heterocycles.